The maximum atomic E-state index is 13.5. The van der Waals surface area contributed by atoms with Gasteiger partial charge >= 0.3 is 6.03 Å². The first-order chi connectivity index (χ1) is 18.2. The third-order valence-electron chi connectivity index (χ3n) is 6.62. The normalized spacial score (nSPS) is 18.4. The molecule has 2 saturated heterocycles. The van der Waals surface area contributed by atoms with Gasteiger partial charge in [-0.2, -0.15) is 5.26 Å². The van der Waals surface area contributed by atoms with Crippen molar-refractivity contribution in [1.82, 2.24) is 20.4 Å². The summed E-state index contributed by atoms with van der Waals surface area (Å²) in [5.41, 5.74) is 5.82. The predicted molar refractivity (Wildman–Crippen MR) is 138 cm³/mol. The molecule has 2 aromatic rings. The van der Waals surface area contributed by atoms with Crippen LogP contribution in [0.15, 0.2) is 40.1 Å². The van der Waals surface area contributed by atoms with Crippen LogP contribution < -0.4 is 21.7 Å². The number of nitriles is 1. The summed E-state index contributed by atoms with van der Waals surface area (Å²) in [6.45, 7) is 3.63. The first-order valence-corrected chi connectivity index (χ1v) is 12.6. The summed E-state index contributed by atoms with van der Waals surface area (Å²) in [6.07, 6.45) is 3.75. The van der Waals surface area contributed by atoms with E-state index in [1.807, 2.05) is 18.3 Å². The number of hydrogen-bond acceptors (Lipinski definition) is 8. The van der Waals surface area contributed by atoms with E-state index in [2.05, 4.69) is 10.6 Å². The van der Waals surface area contributed by atoms with E-state index in [0.717, 1.165) is 24.0 Å². The van der Waals surface area contributed by atoms with Crippen LogP contribution in [0.5, 0.6) is 0 Å². The second kappa shape index (κ2) is 11.7. The van der Waals surface area contributed by atoms with Gasteiger partial charge in [0, 0.05) is 30.7 Å². The zero-order chi connectivity index (χ0) is 27.2. The third kappa shape index (κ3) is 6.23. The van der Waals surface area contributed by atoms with Gasteiger partial charge in [0.25, 0.3) is 5.91 Å². The Bertz CT molecular complexity index is 1320. The van der Waals surface area contributed by atoms with Crippen LogP contribution in [-0.4, -0.2) is 65.8 Å². The van der Waals surface area contributed by atoms with Gasteiger partial charge in [0.2, 0.25) is 11.8 Å². The minimum absolute atomic E-state index is 0.0206. The molecule has 1 atom stereocenters. The summed E-state index contributed by atoms with van der Waals surface area (Å²) >= 11 is 0. The lowest BCUT2D eigenvalue weighted by Crippen LogP contribution is -2.49. The molecule has 200 valence electrons. The van der Waals surface area contributed by atoms with Crippen molar-refractivity contribution >= 4 is 40.4 Å². The van der Waals surface area contributed by atoms with E-state index >= 15 is 0 Å². The highest BCUT2D eigenvalue weighted by Crippen LogP contribution is 2.24. The maximum Gasteiger partial charge on any atom is 0.319 e. The van der Waals surface area contributed by atoms with Crippen molar-refractivity contribution in [3.63, 3.8) is 0 Å². The van der Waals surface area contributed by atoms with E-state index in [1.165, 1.54) is 4.90 Å². The molecule has 1 aromatic carbocycles. The van der Waals surface area contributed by atoms with E-state index in [1.54, 1.807) is 29.2 Å². The average molecular weight is 522 g/mol. The number of benzene rings is 1. The molecule has 5 amide bonds. The number of primary amides is 1. The zero-order valence-electron chi connectivity index (χ0n) is 21.2. The molecule has 12 heteroatoms. The molecule has 0 radical (unpaired) electrons. The number of amides is 5. The molecule has 0 spiro atoms. The lowest BCUT2D eigenvalue weighted by atomic mass is 10.1. The molecule has 2 fully saturated rings. The van der Waals surface area contributed by atoms with Crippen LogP contribution in [0.3, 0.4) is 0 Å². The summed E-state index contributed by atoms with van der Waals surface area (Å²) < 4.78 is 5.60. The Labute approximate surface area is 219 Å². The number of hydrogen-bond donors (Lipinski definition) is 4. The number of aryl methyl sites for hydroxylation is 1. The van der Waals surface area contributed by atoms with Crippen molar-refractivity contribution in [3.8, 4) is 6.07 Å². The molecular weight excluding hydrogens is 490 g/mol. The van der Waals surface area contributed by atoms with Gasteiger partial charge in [0.05, 0.1) is 6.54 Å². The van der Waals surface area contributed by atoms with Crippen LogP contribution in [0.2, 0.25) is 0 Å². The summed E-state index contributed by atoms with van der Waals surface area (Å²) in [5.74, 6) is -0.748. The fraction of sp³-hybridized carbons (Fsp3) is 0.423. The highest BCUT2D eigenvalue weighted by molar-refractivity contribution is 6.06. The SMILES string of the molecule is Cc1cc2cc(N/C(N[C@H]3CCCCN(CC(=O)N4CCCC4)C3=O)=C(\C#N)C(=O)NC(N)=O)ccc2o1. The molecule has 12 nitrogen and oxygen atoms in total. The number of carbonyl (C=O) groups is 4. The van der Waals surface area contributed by atoms with E-state index < -0.39 is 23.6 Å². The van der Waals surface area contributed by atoms with Gasteiger partial charge < -0.3 is 30.6 Å². The van der Waals surface area contributed by atoms with Crippen molar-refractivity contribution in [2.45, 2.75) is 45.1 Å². The van der Waals surface area contributed by atoms with Crippen LogP contribution in [0.25, 0.3) is 11.0 Å². The predicted octanol–water partition coefficient (Wildman–Crippen LogP) is 1.68. The van der Waals surface area contributed by atoms with Crippen molar-refractivity contribution < 1.29 is 23.6 Å². The van der Waals surface area contributed by atoms with Crippen LogP contribution in [0.1, 0.15) is 37.9 Å². The van der Waals surface area contributed by atoms with Gasteiger partial charge in [-0.05, 0) is 63.3 Å². The third-order valence-corrected chi connectivity index (χ3v) is 6.62. The largest absolute Gasteiger partial charge is 0.461 e. The van der Waals surface area contributed by atoms with Crippen LogP contribution in [0.4, 0.5) is 10.5 Å². The van der Waals surface area contributed by atoms with Gasteiger partial charge in [-0.15, -0.1) is 0 Å². The van der Waals surface area contributed by atoms with E-state index in [0.29, 0.717) is 50.2 Å². The molecule has 0 saturated carbocycles. The molecule has 1 aromatic heterocycles. The number of nitrogens with one attached hydrogen (secondary N) is 3. The first-order valence-electron chi connectivity index (χ1n) is 12.6. The number of imide groups is 1. The van der Waals surface area contributed by atoms with Gasteiger partial charge in [0.1, 0.15) is 29.3 Å². The lowest BCUT2D eigenvalue weighted by molar-refractivity contribution is -0.140. The van der Waals surface area contributed by atoms with Crippen molar-refractivity contribution in [3.05, 3.63) is 41.4 Å². The highest BCUT2D eigenvalue weighted by atomic mass is 16.3. The Kier molecular flexibility index (Phi) is 8.15. The minimum atomic E-state index is -1.12. The monoisotopic (exact) mass is 521 g/mol. The number of carbonyl (C=O) groups excluding carboxylic acids is 4. The molecule has 4 rings (SSSR count). The molecule has 0 unspecified atom stereocenters. The highest BCUT2D eigenvalue weighted by Gasteiger charge is 2.31. The van der Waals surface area contributed by atoms with Crippen LogP contribution in [-0.2, 0) is 14.4 Å². The maximum absolute atomic E-state index is 13.5. The first kappa shape index (κ1) is 26.5. The topological polar surface area (TPSA) is 174 Å². The lowest BCUT2D eigenvalue weighted by Gasteiger charge is -2.28. The van der Waals surface area contributed by atoms with Gasteiger partial charge in [0.15, 0.2) is 5.57 Å². The molecule has 5 N–H and O–H groups in total. The van der Waals surface area contributed by atoms with Gasteiger partial charge in [-0.25, -0.2) is 4.79 Å². The van der Waals surface area contributed by atoms with Crippen molar-refractivity contribution in [1.29, 1.82) is 5.26 Å². The molecule has 0 aliphatic carbocycles. The second-order valence-corrected chi connectivity index (χ2v) is 9.46. The van der Waals surface area contributed by atoms with Gasteiger partial charge in [-0.1, -0.05) is 0 Å². The summed E-state index contributed by atoms with van der Waals surface area (Å²) in [7, 11) is 0. The number of anilines is 1. The zero-order valence-corrected chi connectivity index (χ0v) is 21.2. The Hall–Kier alpha value is -4.53. The Balaban J connectivity index is 1.61. The molecule has 38 heavy (non-hydrogen) atoms. The summed E-state index contributed by atoms with van der Waals surface area (Å²) in [4.78, 5) is 53.5. The number of rotatable bonds is 7. The molecule has 2 aliphatic heterocycles. The van der Waals surface area contributed by atoms with Crippen molar-refractivity contribution in [2.75, 3.05) is 31.5 Å². The Morgan fingerprint density at radius 1 is 1.13 bits per heavy atom. The number of urea groups is 1. The number of nitrogens with zero attached hydrogens (tertiary/aromatic N) is 3. The quantitative estimate of drug-likeness (QED) is 0.314. The molecule has 0 bridgehead atoms. The number of furan rings is 1. The fourth-order valence-electron chi connectivity index (χ4n) is 4.76. The number of nitrogens with two attached hydrogens (primary N) is 1. The van der Waals surface area contributed by atoms with Gasteiger partial charge in [-0.3, -0.25) is 19.7 Å². The molecule has 2 aliphatic rings. The molecule has 3 heterocycles. The van der Waals surface area contributed by atoms with Crippen LogP contribution in [0, 0.1) is 18.3 Å². The van der Waals surface area contributed by atoms with E-state index in [9.17, 15) is 24.4 Å². The van der Waals surface area contributed by atoms with Crippen LogP contribution >= 0.6 is 0 Å². The average Bonchev–Trinajstić information content (AvgIpc) is 3.50. The number of fused-ring (bicyclic) bond motifs is 1. The minimum Gasteiger partial charge on any atom is -0.461 e. The van der Waals surface area contributed by atoms with E-state index in [4.69, 9.17) is 10.2 Å². The number of likely N-dealkylation sites (tertiary alicyclic amines) is 2. The second-order valence-electron chi connectivity index (χ2n) is 9.46. The Morgan fingerprint density at radius 3 is 2.58 bits per heavy atom. The fourth-order valence-corrected chi connectivity index (χ4v) is 4.76. The van der Waals surface area contributed by atoms with E-state index in [-0.39, 0.29) is 24.2 Å². The standard InChI is InChI=1S/C26H31N7O5/c1-16-12-17-13-18(7-8-21(17)38-16)29-23(19(14-27)24(35)31-26(28)37)30-20-6-2-3-11-33(25(20)36)15-22(34)32-9-4-5-10-32/h7-8,12-13,20,29-30H,2-6,9-11,15H2,1H3,(H3,28,31,35,37)/b23-19-/t20-/m0/s1. The smallest absolute Gasteiger partial charge is 0.319 e. The summed E-state index contributed by atoms with van der Waals surface area (Å²) in [5, 5.41) is 18.5. The molecular formula is C26H31N7O5. The Morgan fingerprint density at radius 2 is 1.87 bits per heavy atom. The summed E-state index contributed by atoms with van der Waals surface area (Å²) in [6, 6.07) is 6.92. The van der Waals surface area contributed by atoms with Crippen molar-refractivity contribution in [2.24, 2.45) is 5.73 Å².